The predicted octanol–water partition coefficient (Wildman–Crippen LogP) is 5.02. The van der Waals surface area contributed by atoms with Crippen molar-refractivity contribution < 1.29 is 4.39 Å². The minimum absolute atomic E-state index is 0.160. The van der Waals surface area contributed by atoms with Crippen molar-refractivity contribution in [3.8, 4) is 11.8 Å². The van der Waals surface area contributed by atoms with E-state index < -0.39 is 0 Å². The molecule has 0 atom stereocenters. The van der Waals surface area contributed by atoms with Crippen LogP contribution in [0.5, 0.6) is 0 Å². The number of piperazine rings is 1. The van der Waals surface area contributed by atoms with Gasteiger partial charge in [0.25, 0.3) is 0 Å². The highest BCUT2D eigenvalue weighted by Gasteiger charge is 2.20. The van der Waals surface area contributed by atoms with Gasteiger partial charge >= 0.3 is 0 Å². The lowest BCUT2D eigenvalue weighted by Gasteiger charge is -2.38. The second-order valence-electron chi connectivity index (χ2n) is 7.07. The zero-order chi connectivity index (χ0) is 20.1. The van der Waals surface area contributed by atoms with Crippen LogP contribution in [0.1, 0.15) is 16.7 Å². The first-order valence-electron chi connectivity index (χ1n) is 9.81. The molecule has 0 aliphatic carbocycles. The van der Waals surface area contributed by atoms with Crippen molar-refractivity contribution in [1.29, 1.82) is 0 Å². The molecule has 4 rings (SSSR count). The first kappa shape index (κ1) is 18.8. The standard InChI is InChI=1S/C26H23FN2/c1-21(28-17-19-29(20-18-28)26-10-6-5-9-25(26)27)24-15-13-23(14-16-24)12-11-22-7-3-2-4-8-22/h2-10,13-16H,1,17-20H2. The Morgan fingerprint density at radius 2 is 1.31 bits per heavy atom. The van der Waals surface area contributed by atoms with Gasteiger partial charge in [-0.25, -0.2) is 4.39 Å². The monoisotopic (exact) mass is 382 g/mol. The number of anilines is 1. The Labute approximate surface area is 171 Å². The Morgan fingerprint density at radius 1 is 0.724 bits per heavy atom. The molecule has 3 heteroatoms. The Hall–Kier alpha value is -3.51. The third kappa shape index (κ3) is 4.50. The van der Waals surface area contributed by atoms with E-state index in [9.17, 15) is 4.39 Å². The summed E-state index contributed by atoms with van der Waals surface area (Å²) in [5, 5.41) is 0. The molecular weight excluding hydrogens is 359 g/mol. The first-order valence-corrected chi connectivity index (χ1v) is 9.81. The van der Waals surface area contributed by atoms with Crippen molar-refractivity contribution in [3.63, 3.8) is 0 Å². The minimum Gasteiger partial charge on any atom is -0.368 e. The number of para-hydroxylation sites is 1. The topological polar surface area (TPSA) is 6.48 Å². The molecule has 1 fully saturated rings. The van der Waals surface area contributed by atoms with Gasteiger partial charge in [-0.3, -0.25) is 0 Å². The van der Waals surface area contributed by atoms with Gasteiger partial charge in [0.1, 0.15) is 5.82 Å². The molecule has 0 unspecified atom stereocenters. The highest BCUT2D eigenvalue weighted by molar-refractivity contribution is 5.63. The van der Waals surface area contributed by atoms with Gasteiger partial charge in [0.15, 0.2) is 0 Å². The molecule has 2 nitrogen and oxygen atoms in total. The van der Waals surface area contributed by atoms with E-state index in [2.05, 4.69) is 40.4 Å². The summed E-state index contributed by atoms with van der Waals surface area (Å²) in [5.41, 5.74) is 4.76. The molecule has 0 N–H and O–H groups in total. The normalized spacial score (nSPS) is 13.6. The van der Waals surface area contributed by atoms with Gasteiger partial charge < -0.3 is 9.80 Å². The number of rotatable bonds is 3. The Balaban J connectivity index is 1.38. The van der Waals surface area contributed by atoms with Crippen LogP contribution in [0, 0.1) is 17.7 Å². The summed E-state index contributed by atoms with van der Waals surface area (Å²) in [6, 6.07) is 25.1. The molecule has 1 saturated heterocycles. The molecule has 0 amide bonds. The zero-order valence-corrected chi connectivity index (χ0v) is 16.3. The molecule has 0 aromatic heterocycles. The van der Waals surface area contributed by atoms with Crippen molar-refractivity contribution in [2.45, 2.75) is 0 Å². The zero-order valence-electron chi connectivity index (χ0n) is 16.3. The molecule has 3 aromatic carbocycles. The third-order valence-electron chi connectivity index (χ3n) is 5.20. The number of hydrogen-bond acceptors (Lipinski definition) is 2. The van der Waals surface area contributed by atoms with Crippen LogP contribution in [0.4, 0.5) is 10.1 Å². The second-order valence-corrected chi connectivity index (χ2v) is 7.07. The van der Waals surface area contributed by atoms with Crippen molar-refractivity contribution in [2.24, 2.45) is 0 Å². The lowest BCUT2D eigenvalue weighted by molar-refractivity contribution is 0.366. The average Bonchev–Trinajstić information content (AvgIpc) is 2.79. The van der Waals surface area contributed by atoms with E-state index in [0.717, 1.165) is 48.6 Å². The maximum atomic E-state index is 14.0. The lowest BCUT2D eigenvalue weighted by Crippen LogP contribution is -2.45. The molecule has 0 saturated carbocycles. The predicted molar refractivity (Wildman–Crippen MR) is 118 cm³/mol. The molecular formula is C26H23FN2. The number of benzene rings is 3. The molecule has 144 valence electrons. The SMILES string of the molecule is C=C(c1ccc(C#Cc2ccccc2)cc1)N1CCN(c2ccccc2F)CC1. The summed E-state index contributed by atoms with van der Waals surface area (Å²) >= 11 is 0. The quantitative estimate of drug-likeness (QED) is 0.587. The van der Waals surface area contributed by atoms with Gasteiger partial charge in [0, 0.05) is 43.0 Å². The second kappa shape index (κ2) is 8.67. The van der Waals surface area contributed by atoms with Crippen LogP contribution >= 0.6 is 0 Å². The molecule has 0 bridgehead atoms. The van der Waals surface area contributed by atoms with Gasteiger partial charge in [-0.1, -0.05) is 60.9 Å². The Morgan fingerprint density at radius 3 is 1.97 bits per heavy atom. The van der Waals surface area contributed by atoms with Crippen LogP contribution in [0.3, 0.4) is 0 Å². The van der Waals surface area contributed by atoms with E-state index in [1.165, 1.54) is 6.07 Å². The number of halogens is 1. The van der Waals surface area contributed by atoms with Crippen molar-refractivity contribution in [2.75, 3.05) is 31.1 Å². The smallest absolute Gasteiger partial charge is 0.146 e. The van der Waals surface area contributed by atoms with Crippen molar-refractivity contribution >= 4 is 11.4 Å². The fourth-order valence-corrected chi connectivity index (χ4v) is 3.52. The van der Waals surface area contributed by atoms with Gasteiger partial charge in [0.05, 0.1) is 5.69 Å². The fraction of sp³-hybridized carbons (Fsp3) is 0.154. The largest absolute Gasteiger partial charge is 0.368 e. The molecule has 1 heterocycles. The molecule has 0 radical (unpaired) electrons. The lowest BCUT2D eigenvalue weighted by atomic mass is 10.1. The number of hydrogen-bond donors (Lipinski definition) is 0. The van der Waals surface area contributed by atoms with Crippen LogP contribution in [0.15, 0.2) is 85.4 Å². The summed E-state index contributed by atoms with van der Waals surface area (Å²) in [5.74, 6) is 6.22. The maximum Gasteiger partial charge on any atom is 0.146 e. The van der Waals surface area contributed by atoms with Crippen LogP contribution in [0.25, 0.3) is 5.70 Å². The summed E-state index contributed by atoms with van der Waals surface area (Å²) in [4.78, 5) is 4.36. The summed E-state index contributed by atoms with van der Waals surface area (Å²) in [7, 11) is 0. The van der Waals surface area contributed by atoms with E-state index in [0.29, 0.717) is 5.69 Å². The first-order chi connectivity index (χ1) is 14.2. The van der Waals surface area contributed by atoms with Crippen molar-refractivity contribution in [3.05, 3.63) is 108 Å². The molecule has 29 heavy (non-hydrogen) atoms. The summed E-state index contributed by atoms with van der Waals surface area (Å²) < 4.78 is 14.0. The average molecular weight is 382 g/mol. The Kier molecular flexibility index (Phi) is 5.63. The van der Waals surface area contributed by atoms with Crippen LogP contribution in [-0.2, 0) is 0 Å². The van der Waals surface area contributed by atoms with Gasteiger partial charge in [-0.05, 0) is 42.0 Å². The van der Waals surface area contributed by atoms with Crippen LogP contribution in [0.2, 0.25) is 0 Å². The van der Waals surface area contributed by atoms with Crippen LogP contribution < -0.4 is 4.90 Å². The van der Waals surface area contributed by atoms with E-state index in [1.807, 2.05) is 54.6 Å². The highest BCUT2D eigenvalue weighted by Crippen LogP contribution is 2.24. The Bertz CT molecular complexity index is 1040. The van der Waals surface area contributed by atoms with Gasteiger partial charge in [-0.2, -0.15) is 0 Å². The molecule has 1 aliphatic rings. The summed E-state index contributed by atoms with van der Waals surface area (Å²) in [6.45, 7) is 7.49. The molecule has 3 aromatic rings. The highest BCUT2D eigenvalue weighted by atomic mass is 19.1. The van der Waals surface area contributed by atoms with E-state index >= 15 is 0 Å². The van der Waals surface area contributed by atoms with Gasteiger partial charge in [-0.15, -0.1) is 0 Å². The molecule has 0 spiro atoms. The van der Waals surface area contributed by atoms with E-state index in [-0.39, 0.29) is 5.82 Å². The summed E-state index contributed by atoms with van der Waals surface area (Å²) in [6.07, 6.45) is 0. The minimum atomic E-state index is -0.160. The third-order valence-corrected chi connectivity index (χ3v) is 5.20. The van der Waals surface area contributed by atoms with E-state index in [1.54, 1.807) is 6.07 Å². The maximum absolute atomic E-state index is 14.0. The molecule has 1 aliphatic heterocycles. The van der Waals surface area contributed by atoms with Crippen molar-refractivity contribution in [1.82, 2.24) is 4.90 Å². The van der Waals surface area contributed by atoms with Crippen LogP contribution in [-0.4, -0.2) is 31.1 Å². The number of nitrogens with zero attached hydrogens (tertiary/aromatic N) is 2. The fourth-order valence-electron chi connectivity index (χ4n) is 3.52. The van der Waals surface area contributed by atoms with E-state index in [4.69, 9.17) is 0 Å². The van der Waals surface area contributed by atoms with Gasteiger partial charge in [0.2, 0.25) is 0 Å².